The Labute approximate surface area is 202 Å². The number of carbonyl (C=O) groups is 2. The Morgan fingerprint density at radius 2 is 1.81 bits per heavy atom. The number of hydrazine groups is 1. The van der Waals surface area contributed by atoms with Crippen LogP contribution in [0.15, 0.2) is 42.5 Å². The maximum atomic E-state index is 12.3. The summed E-state index contributed by atoms with van der Waals surface area (Å²) in [5.74, 6) is 0.475. The van der Waals surface area contributed by atoms with Gasteiger partial charge in [-0.2, -0.15) is 0 Å². The lowest BCUT2D eigenvalue weighted by Crippen LogP contribution is -2.48. The van der Waals surface area contributed by atoms with E-state index < -0.39 is 5.91 Å². The summed E-state index contributed by atoms with van der Waals surface area (Å²) in [6.45, 7) is 4.30. The monoisotopic (exact) mass is 497 g/mol. The number of nitrogens with one attached hydrogen (secondary N) is 3. The second kappa shape index (κ2) is 13.1. The summed E-state index contributed by atoms with van der Waals surface area (Å²) in [6.07, 6.45) is 1.62. The van der Waals surface area contributed by atoms with Gasteiger partial charge in [-0.3, -0.25) is 25.8 Å². The van der Waals surface area contributed by atoms with E-state index in [0.29, 0.717) is 40.1 Å². The first-order valence-corrected chi connectivity index (χ1v) is 11.2. The highest BCUT2D eigenvalue weighted by Gasteiger charge is 2.10. The molecule has 0 fully saturated rings. The maximum absolute atomic E-state index is 12.3. The molecular weight excluding hydrogens is 473 g/mol. The van der Waals surface area contributed by atoms with Gasteiger partial charge >= 0.3 is 0 Å². The SMILES string of the molecule is CCC(C)Oc1ccc(C(=O)NC(=S)NNC(=O)CCCOc2ccc(Cl)cc2Cl)cc1. The molecule has 0 bridgehead atoms. The van der Waals surface area contributed by atoms with Gasteiger partial charge in [-0.1, -0.05) is 30.1 Å². The number of hydrogen-bond donors (Lipinski definition) is 3. The van der Waals surface area contributed by atoms with Crippen LogP contribution < -0.4 is 25.6 Å². The fourth-order valence-corrected chi connectivity index (χ4v) is 3.01. The number of rotatable bonds is 9. The van der Waals surface area contributed by atoms with Gasteiger partial charge in [0.15, 0.2) is 5.11 Å². The maximum Gasteiger partial charge on any atom is 0.257 e. The average Bonchev–Trinajstić information content (AvgIpc) is 2.76. The molecule has 2 aromatic rings. The van der Waals surface area contributed by atoms with E-state index in [0.717, 1.165) is 6.42 Å². The highest BCUT2D eigenvalue weighted by atomic mass is 35.5. The minimum Gasteiger partial charge on any atom is -0.492 e. The molecule has 0 saturated carbocycles. The molecular formula is C22H25Cl2N3O4S. The van der Waals surface area contributed by atoms with E-state index in [-0.39, 0.29) is 23.5 Å². The van der Waals surface area contributed by atoms with Crippen LogP contribution in [0.5, 0.6) is 11.5 Å². The molecule has 0 aliphatic carbocycles. The topological polar surface area (TPSA) is 88.7 Å². The molecule has 7 nitrogen and oxygen atoms in total. The molecule has 1 unspecified atom stereocenters. The lowest BCUT2D eigenvalue weighted by Gasteiger charge is -2.13. The lowest BCUT2D eigenvalue weighted by atomic mass is 10.2. The lowest BCUT2D eigenvalue weighted by molar-refractivity contribution is -0.121. The molecule has 2 aromatic carbocycles. The fourth-order valence-electron chi connectivity index (χ4n) is 2.40. The van der Waals surface area contributed by atoms with Crippen LogP contribution >= 0.6 is 35.4 Å². The fraction of sp³-hybridized carbons (Fsp3) is 0.318. The molecule has 0 aliphatic heterocycles. The zero-order valence-electron chi connectivity index (χ0n) is 17.7. The molecule has 0 saturated heterocycles. The van der Waals surface area contributed by atoms with Crippen molar-refractivity contribution < 1.29 is 19.1 Å². The zero-order valence-corrected chi connectivity index (χ0v) is 20.1. The van der Waals surface area contributed by atoms with Crippen LogP contribution in [0.2, 0.25) is 10.0 Å². The Morgan fingerprint density at radius 1 is 1.09 bits per heavy atom. The molecule has 10 heteroatoms. The van der Waals surface area contributed by atoms with Gasteiger partial charge in [0.25, 0.3) is 5.91 Å². The minimum atomic E-state index is -0.403. The molecule has 0 aliphatic rings. The highest BCUT2D eigenvalue weighted by molar-refractivity contribution is 7.80. The first-order chi connectivity index (χ1) is 15.3. The predicted octanol–water partition coefficient (Wildman–Crippen LogP) is 4.67. The van der Waals surface area contributed by atoms with Gasteiger partial charge in [0.2, 0.25) is 5.91 Å². The van der Waals surface area contributed by atoms with Gasteiger partial charge in [0, 0.05) is 17.0 Å². The Hall–Kier alpha value is -2.55. The van der Waals surface area contributed by atoms with E-state index in [1.54, 1.807) is 42.5 Å². The molecule has 0 heterocycles. The normalized spacial score (nSPS) is 11.2. The van der Waals surface area contributed by atoms with Crippen molar-refractivity contribution in [3.63, 3.8) is 0 Å². The average molecular weight is 498 g/mol. The smallest absolute Gasteiger partial charge is 0.257 e. The van der Waals surface area contributed by atoms with Crippen molar-refractivity contribution in [2.75, 3.05) is 6.61 Å². The third kappa shape index (κ3) is 8.90. The number of carbonyl (C=O) groups excluding carboxylic acids is 2. The van der Waals surface area contributed by atoms with Gasteiger partial charge in [-0.25, -0.2) is 0 Å². The molecule has 172 valence electrons. The van der Waals surface area contributed by atoms with Gasteiger partial charge in [0.05, 0.1) is 17.7 Å². The standard InChI is InChI=1S/C22H25Cl2N3O4S/c1-3-14(2)31-17-9-6-15(7-10-17)21(29)25-22(32)27-26-20(28)5-4-12-30-19-11-8-16(23)13-18(19)24/h6-11,13-14H,3-5,12H2,1-2H3,(H,26,28)(H2,25,27,29,32). The Morgan fingerprint density at radius 3 is 2.47 bits per heavy atom. The third-order valence-electron chi connectivity index (χ3n) is 4.27. The number of ether oxygens (including phenoxy) is 2. The summed E-state index contributed by atoms with van der Waals surface area (Å²) in [5.41, 5.74) is 5.34. The Bertz CT molecular complexity index is 941. The quantitative estimate of drug-likeness (QED) is 0.265. The number of benzene rings is 2. The first-order valence-electron chi connectivity index (χ1n) is 10.0. The predicted molar refractivity (Wildman–Crippen MR) is 129 cm³/mol. The van der Waals surface area contributed by atoms with Crippen molar-refractivity contribution in [2.45, 2.75) is 39.2 Å². The summed E-state index contributed by atoms with van der Waals surface area (Å²) < 4.78 is 11.2. The van der Waals surface area contributed by atoms with Crippen LogP contribution in [-0.2, 0) is 4.79 Å². The summed E-state index contributed by atoms with van der Waals surface area (Å²) in [6, 6.07) is 11.6. The molecule has 2 rings (SSSR count). The van der Waals surface area contributed by atoms with Crippen LogP contribution in [0.4, 0.5) is 0 Å². The van der Waals surface area contributed by atoms with Crippen molar-refractivity contribution in [3.8, 4) is 11.5 Å². The summed E-state index contributed by atoms with van der Waals surface area (Å²) >= 11 is 16.9. The molecule has 0 aromatic heterocycles. The van der Waals surface area contributed by atoms with Crippen molar-refractivity contribution in [1.29, 1.82) is 0 Å². The number of hydrogen-bond acceptors (Lipinski definition) is 5. The van der Waals surface area contributed by atoms with Gasteiger partial charge in [0.1, 0.15) is 11.5 Å². The molecule has 0 spiro atoms. The Balaban J connectivity index is 1.66. The van der Waals surface area contributed by atoms with Crippen LogP contribution in [0, 0.1) is 0 Å². The van der Waals surface area contributed by atoms with E-state index in [1.807, 2.05) is 13.8 Å². The highest BCUT2D eigenvalue weighted by Crippen LogP contribution is 2.27. The largest absolute Gasteiger partial charge is 0.492 e. The molecule has 2 amide bonds. The van der Waals surface area contributed by atoms with E-state index in [9.17, 15) is 9.59 Å². The summed E-state index contributed by atoms with van der Waals surface area (Å²) in [7, 11) is 0. The molecule has 3 N–H and O–H groups in total. The van der Waals surface area contributed by atoms with E-state index in [1.165, 1.54) is 0 Å². The Kier molecular flexibility index (Phi) is 10.5. The number of thiocarbonyl (C=S) groups is 1. The van der Waals surface area contributed by atoms with Crippen molar-refractivity contribution in [3.05, 3.63) is 58.1 Å². The minimum absolute atomic E-state index is 0.0209. The van der Waals surface area contributed by atoms with Crippen LogP contribution in [-0.4, -0.2) is 29.6 Å². The van der Waals surface area contributed by atoms with Gasteiger partial charge < -0.3 is 9.47 Å². The molecule has 1 atom stereocenters. The van der Waals surface area contributed by atoms with Crippen LogP contribution in [0.1, 0.15) is 43.5 Å². The summed E-state index contributed by atoms with van der Waals surface area (Å²) in [5, 5.41) is 3.40. The van der Waals surface area contributed by atoms with Crippen molar-refractivity contribution >= 4 is 52.3 Å². The van der Waals surface area contributed by atoms with E-state index in [4.69, 9.17) is 44.9 Å². The van der Waals surface area contributed by atoms with E-state index in [2.05, 4.69) is 16.2 Å². The second-order valence-corrected chi connectivity index (χ2v) is 8.10. The van der Waals surface area contributed by atoms with Gasteiger partial charge in [-0.05, 0) is 74.4 Å². The molecule has 32 heavy (non-hydrogen) atoms. The number of amides is 2. The first kappa shape index (κ1) is 25.7. The number of halogens is 2. The van der Waals surface area contributed by atoms with Crippen LogP contribution in [0.3, 0.4) is 0 Å². The third-order valence-corrected chi connectivity index (χ3v) is 5.01. The van der Waals surface area contributed by atoms with Crippen LogP contribution in [0.25, 0.3) is 0 Å². The van der Waals surface area contributed by atoms with Gasteiger partial charge in [-0.15, -0.1) is 0 Å². The summed E-state index contributed by atoms with van der Waals surface area (Å²) in [4.78, 5) is 24.2. The van der Waals surface area contributed by atoms with E-state index >= 15 is 0 Å². The van der Waals surface area contributed by atoms with Crippen molar-refractivity contribution in [1.82, 2.24) is 16.2 Å². The van der Waals surface area contributed by atoms with Crippen molar-refractivity contribution in [2.24, 2.45) is 0 Å². The molecule has 0 radical (unpaired) electrons. The second-order valence-electron chi connectivity index (χ2n) is 6.84. The zero-order chi connectivity index (χ0) is 23.5.